The zero-order valence-corrected chi connectivity index (χ0v) is 15.0. The molecule has 1 aliphatic rings. The molecule has 0 fully saturated rings. The Labute approximate surface area is 143 Å². The second-order valence-corrected chi connectivity index (χ2v) is 8.35. The quantitative estimate of drug-likeness (QED) is 0.835. The highest BCUT2D eigenvalue weighted by molar-refractivity contribution is 7.89. The number of aryl methyl sites for hydroxylation is 1. The molecule has 5 nitrogen and oxygen atoms in total. The molecule has 0 radical (unpaired) electrons. The molecule has 24 heavy (non-hydrogen) atoms. The van der Waals surface area contributed by atoms with E-state index >= 15 is 0 Å². The van der Waals surface area contributed by atoms with Crippen LogP contribution in [0.15, 0.2) is 47.5 Å². The molecule has 1 aromatic heterocycles. The molecule has 0 unspecified atom stereocenters. The first-order chi connectivity index (χ1) is 11.5. The molecule has 1 aromatic carbocycles. The van der Waals surface area contributed by atoms with Crippen LogP contribution in [0.4, 0.5) is 0 Å². The minimum atomic E-state index is -3.50. The Bertz CT molecular complexity index is 781. The summed E-state index contributed by atoms with van der Waals surface area (Å²) in [6.07, 6.45) is 2.87. The molecule has 0 N–H and O–H groups in total. The monoisotopic (exact) mass is 348 g/mol. The maximum Gasteiger partial charge on any atom is 0.243 e. The van der Waals surface area contributed by atoms with Crippen molar-refractivity contribution < 1.29 is 13.2 Å². The van der Waals surface area contributed by atoms with Gasteiger partial charge in [-0.1, -0.05) is 17.7 Å². The van der Waals surface area contributed by atoms with Gasteiger partial charge in [-0.05, 0) is 43.5 Å². The van der Waals surface area contributed by atoms with E-state index in [1.807, 2.05) is 37.4 Å². The first kappa shape index (κ1) is 17.2. The van der Waals surface area contributed by atoms with Crippen LogP contribution in [0, 0.1) is 12.8 Å². The van der Waals surface area contributed by atoms with Crippen molar-refractivity contribution in [2.75, 3.05) is 20.3 Å². The molecule has 0 amide bonds. The van der Waals surface area contributed by atoms with Gasteiger partial charge in [-0.2, -0.15) is 4.31 Å². The van der Waals surface area contributed by atoms with Gasteiger partial charge < -0.3 is 9.30 Å². The van der Waals surface area contributed by atoms with Gasteiger partial charge in [0, 0.05) is 38.7 Å². The third-order valence-electron chi connectivity index (χ3n) is 4.57. The third kappa shape index (κ3) is 3.55. The first-order valence-electron chi connectivity index (χ1n) is 8.20. The van der Waals surface area contributed by atoms with Gasteiger partial charge in [0.05, 0.1) is 11.4 Å². The fourth-order valence-electron chi connectivity index (χ4n) is 3.15. The Hall–Kier alpha value is -1.63. The van der Waals surface area contributed by atoms with E-state index in [9.17, 15) is 8.42 Å². The molecule has 0 bridgehead atoms. The van der Waals surface area contributed by atoms with E-state index < -0.39 is 10.0 Å². The molecule has 0 aliphatic carbocycles. The molecule has 6 heteroatoms. The second kappa shape index (κ2) is 7.09. The Balaban J connectivity index is 1.91. The van der Waals surface area contributed by atoms with Gasteiger partial charge in [-0.15, -0.1) is 0 Å². The highest BCUT2D eigenvalue weighted by Gasteiger charge is 2.30. The normalized spacial score (nSPS) is 19.0. The largest absolute Gasteiger partial charge is 0.385 e. The van der Waals surface area contributed by atoms with Crippen LogP contribution in [0.25, 0.3) is 0 Å². The predicted octanol–water partition coefficient (Wildman–Crippen LogP) is 2.65. The fourth-order valence-corrected chi connectivity index (χ4v) is 4.64. The van der Waals surface area contributed by atoms with Crippen LogP contribution in [-0.2, 0) is 27.8 Å². The Morgan fingerprint density at radius 2 is 1.92 bits per heavy atom. The van der Waals surface area contributed by atoms with E-state index in [1.54, 1.807) is 23.5 Å². The minimum absolute atomic E-state index is 0.235. The molecule has 130 valence electrons. The molecule has 0 saturated heterocycles. The molecule has 2 heterocycles. The zero-order valence-electron chi connectivity index (χ0n) is 14.2. The lowest BCUT2D eigenvalue weighted by Crippen LogP contribution is -2.34. The van der Waals surface area contributed by atoms with E-state index in [-0.39, 0.29) is 5.92 Å². The van der Waals surface area contributed by atoms with E-state index in [2.05, 4.69) is 4.57 Å². The third-order valence-corrected chi connectivity index (χ3v) is 6.39. The Kier molecular flexibility index (Phi) is 5.08. The van der Waals surface area contributed by atoms with Gasteiger partial charge >= 0.3 is 0 Å². The van der Waals surface area contributed by atoms with Crippen molar-refractivity contribution in [2.24, 2.45) is 5.92 Å². The number of ether oxygens (including phenoxy) is 1. The van der Waals surface area contributed by atoms with E-state index in [0.29, 0.717) is 24.6 Å². The fraction of sp³-hybridized carbons (Fsp3) is 0.444. The summed E-state index contributed by atoms with van der Waals surface area (Å²) < 4.78 is 35.1. The summed E-state index contributed by atoms with van der Waals surface area (Å²) in [6, 6.07) is 11.0. The number of rotatable bonds is 5. The molecule has 1 atom stereocenters. The lowest BCUT2D eigenvalue weighted by atomic mass is 10.1. The van der Waals surface area contributed by atoms with Gasteiger partial charge in [-0.3, -0.25) is 0 Å². The summed E-state index contributed by atoms with van der Waals surface area (Å²) in [4.78, 5) is 0.360. The van der Waals surface area contributed by atoms with Crippen molar-refractivity contribution >= 4 is 10.0 Å². The molecular weight excluding hydrogens is 324 g/mol. The number of methoxy groups -OCH3 is 1. The number of fused-ring (bicyclic) bond motifs is 1. The number of aromatic nitrogens is 1. The number of benzene rings is 1. The van der Waals surface area contributed by atoms with Crippen molar-refractivity contribution in [3.63, 3.8) is 0 Å². The SMILES string of the molecule is COCC[C@@H]1CN(S(=O)(=O)c2ccc(C)cc2)Cc2cccn2C1. The molecular formula is C18H24N2O3S. The van der Waals surface area contributed by atoms with Crippen LogP contribution in [0.1, 0.15) is 17.7 Å². The topological polar surface area (TPSA) is 51.5 Å². The molecule has 0 saturated carbocycles. The van der Waals surface area contributed by atoms with Gasteiger partial charge in [0.2, 0.25) is 10.0 Å². The van der Waals surface area contributed by atoms with E-state index in [4.69, 9.17) is 4.74 Å². The van der Waals surface area contributed by atoms with Gasteiger partial charge in [0.15, 0.2) is 0 Å². The van der Waals surface area contributed by atoms with Crippen LogP contribution in [-0.4, -0.2) is 37.6 Å². The molecule has 0 spiro atoms. The smallest absolute Gasteiger partial charge is 0.243 e. The first-order valence-corrected chi connectivity index (χ1v) is 9.64. The maximum absolute atomic E-state index is 13.1. The van der Waals surface area contributed by atoms with Gasteiger partial charge in [0.25, 0.3) is 0 Å². The summed E-state index contributed by atoms with van der Waals surface area (Å²) >= 11 is 0. The van der Waals surface area contributed by atoms with E-state index in [1.165, 1.54) is 0 Å². The number of hydrogen-bond acceptors (Lipinski definition) is 3. The molecule has 3 rings (SSSR count). The summed E-state index contributed by atoms with van der Waals surface area (Å²) in [5.41, 5.74) is 2.09. The zero-order chi connectivity index (χ0) is 17.2. The molecule has 2 aromatic rings. The van der Waals surface area contributed by atoms with Crippen molar-refractivity contribution in [1.82, 2.24) is 8.87 Å². The lowest BCUT2D eigenvalue weighted by molar-refractivity contribution is 0.167. The highest BCUT2D eigenvalue weighted by atomic mass is 32.2. The van der Waals surface area contributed by atoms with Crippen LogP contribution < -0.4 is 0 Å². The summed E-state index contributed by atoms with van der Waals surface area (Å²) in [6.45, 7) is 4.34. The summed E-state index contributed by atoms with van der Waals surface area (Å²) in [5, 5.41) is 0. The van der Waals surface area contributed by atoms with Crippen molar-refractivity contribution in [3.8, 4) is 0 Å². The van der Waals surface area contributed by atoms with Crippen LogP contribution in [0.3, 0.4) is 0 Å². The maximum atomic E-state index is 13.1. The number of hydrogen-bond donors (Lipinski definition) is 0. The van der Waals surface area contributed by atoms with Crippen molar-refractivity contribution in [3.05, 3.63) is 53.9 Å². The van der Waals surface area contributed by atoms with Crippen LogP contribution in [0.2, 0.25) is 0 Å². The summed E-state index contributed by atoms with van der Waals surface area (Å²) in [7, 11) is -1.82. The average Bonchev–Trinajstić information content (AvgIpc) is 2.91. The Morgan fingerprint density at radius 1 is 1.17 bits per heavy atom. The van der Waals surface area contributed by atoms with E-state index in [0.717, 1.165) is 24.2 Å². The van der Waals surface area contributed by atoms with Crippen LogP contribution >= 0.6 is 0 Å². The Morgan fingerprint density at radius 3 is 2.62 bits per heavy atom. The van der Waals surface area contributed by atoms with Gasteiger partial charge in [0.1, 0.15) is 0 Å². The lowest BCUT2D eigenvalue weighted by Gasteiger charge is -2.23. The number of sulfonamides is 1. The van der Waals surface area contributed by atoms with Gasteiger partial charge in [-0.25, -0.2) is 8.42 Å². The highest BCUT2D eigenvalue weighted by Crippen LogP contribution is 2.25. The van der Waals surface area contributed by atoms with Crippen LogP contribution in [0.5, 0.6) is 0 Å². The standard InChI is InChI=1S/C18H24N2O3S/c1-15-5-7-18(8-6-15)24(21,22)20-13-16(9-11-23-2)12-19-10-3-4-17(19)14-20/h3-8,10,16H,9,11-14H2,1-2H3/t16-/m0/s1. The predicted molar refractivity (Wildman–Crippen MR) is 93.2 cm³/mol. The van der Waals surface area contributed by atoms with Crippen molar-refractivity contribution in [2.45, 2.75) is 31.3 Å². The summed E-state index contributed by atoms with van der Waals surface area (Å²) in [5.74, 6) is 0.235. The average molecular weight is 348 g/mol. The second-order valence-electron chi connectivity index (χ2n) is 6.41. The van der Waals surface area contributed by atoms with Crippen molar-refractivity contribution in [1.29, 1.82) is 0 Å². The number of nitrogens with zero attached hydrogens (tertiary/aromatic N) is 2. The minimum Gasteiger partial charge on any atom is -0.385 e. The molecule has 1 aliphatic heterocycles.